The largest absolute Gasteiger partial charge is 0.484 e. The quantitative estimate of drug-likeness (QED) is 0.615. The molecule has 0 aliphatic carbocycles. The van der Waals surface area contributed by atoms with Crippen molar-refractivity contribution >= 4 is 11.6 Å². The predicted molar refractivity (Wildman–Crippen MR) is 81.2 cm³/mol. The number of rotatable bonds is 7. The van der Waals surface area contributed by atoms with E-state index in [9.17, 15) is 14.9 Å². The molecule has 2 aromatic rings. The van der Waals surface area contributed by atoms with E-state index in [1.165, 1.54) is 31.4 Å². The third kappa shape index (κ3) is 4.95. The number of hydrogen-bond acceptors (Lipinski definition) is 6. The molecule has 0 unspecified atom stereocenters. The molecule has 0 aliphatic heterocycles. The Morgan fingerprint density at radius 2 is 2.04 bits per heavy atom. The first-order valence-corrected chi connectivity index (χ1v) is 6.71. The molecule has 8 nitrogen and oxygen atoms in total. The summed E-state index contributed by atoms with van der Waals surface area (Å²) < 4.78 is 10.3. The molecule has 1 aromatic heterocycles. The van der Waals surface area contributed by atoms with E-state index < -0.39 is 4.92 Å². The summed E-state index contributed by atoms with van der Waals surface area (Å²) in [5.41, 5.74) is 0.814. The smallest absolute Gasteiger partial charge is 0.269 e. The summed E-state index contributed by atoms with van der Waals surface area (Å²) >= 11 is 0. The molecule has 0 saturated heterocycles. The average Bonchev–Trinajstić information content (AvgIpc) is 2.58. The number of benzene rings is 1. The summed E-state index contributed by atoms with van der Waals surface area (Å²) in [5, 5.41) is 13.2. The number of ether oxygens (including phenoxy) is 2. The van der Waals surface area contributed by atoms with Crippen LogP contribution in [0.15, 0.2) is 42.6 Å². The zero-order valence-electron chi connectivity index (χ0n) is 12.4. The van der Waals surface area contributed by atoms with Gasteiger partial charge in [0.15, 0.2) is 6.61 Å². The van der Waals surface area contributed by atoms with Gasteiger partial charge in [-0.05, 0) is 23.8 Å². The van der Waals surface area contributed by atoms with Crippen molar-refractivity contribution in [3.63, 3.8) is 0 Å². The van der Waals surface area contributed by atoms with Gasteiger partial charge in [-0.1, -0.05) is 0 Å². The third-order valence-corrected chi connectivity index (χ3v) is 2.92. The van der Waals surface area contributed by atoms with E-state index in [0.29, 0.717) is 18.2 Å². The second-order valence-corrected chi connectivity index (χ2v) is 4.52. The van der Waals surface area contributed by atoms with Gasteiger partial charge in [0, 0.05) is 30.9 Å². The lowest BCUT2D eigenvalue weighted by molar-refractivity contribution is -0.384. The van der Waals surface area contributed by atoms with Crippen molar-refractivity contribution in [2.45, 2.75) is 6.54 Å². The van der Waals surface area contributed by atoms with Crippen molar-refractivity contribution in [1.82, 2.24) is 10.3 Å². The van der Waals surface area contributed by atoms with Gasteiger partial charge in [-0.2, -0.15) is 0 Å². The summed E-state index contributed by atoms with van der Waals surface area (Å²) in [4.78, 5) is 25.7. The molecule has 0 fully saturated rings. The fraction of sp³-hybridized carbons (Fsp3) is 0.200. The molecule has 2 rings (SSSR count). The number of carbonyl (C=O) groups is 1. The van der Waals surface area contributed by atoms with Gasteiger partial charge < -0.3 is 14.8 Å². The van der Waals surface area contributed by atoms with Gasteiger partial charge in [0.05, 0.1) is 12.0 Å². The number of methoxy groups -OCH3 is 1. The molecule has 8 heteroatoms. The number of hydrogen-bond donors (Lipinski definition) is 1. The summed E-state index contributed by atoms with van der Waals surface area (Å²) in [6.45, 7) is 0.140. The van der Waals surface area contributed by atoms with Gasteiger partial charge in [0.1, 0.15) is 5.75 Å². The number of nitro benzene ring substituents is 1. The molecule has 0 saturated carbocycles. The summed E-state index contributed by atoms with van der Waals surface area (Å²) in [6, 6.07) is 9.00. The van der Waals surface area contributed by atoms with Crippen molar-refractivity contribution in [2.75, 3.05) is 13.7 Å². The lowest BCUT2D eigenvalue weighted by atomic mass is 10.2. The van der Waals surface area contributed by atoms with E-state index in [1.807, 2.05) is 0 Å². The number of carbonyl (C=O) groups excluding carboxylic acids is 1. The first-order valence-electron chi connectivity index (χ1n) is 6.71. The van der Waals surface area contributed by atoms with Crippen LogP contribution in [-0.4, -0.2) is 29.5 Å². The number of amides is 1. The van der Waals surface area contributed by atoms with Crippen LogP contribution < -0.4 is 14.8 Å². The fourth-order valence-electron chi connectivity index (χ4n) is 1.74. The minimum absolute atomic E-state index is 0.0339. The van der Waals surface area contributed by atoms with E-state index in [4.69, 9.17) is 9.47 Å². The number of pyridine rings is 1. The summed E-state index contributed by atoms with van der Waals surface area (Å²) in [7, 11) is 1.52. The molecule has 23 heavy (non-hydrogen) atoms. The lowest BCUT2D eigenvalue weighted by Crippen LogP contribution is -2.28. The predicted octanol–water partition coefficient (Wildman–Crippen LogP) is 1.69. The Morgan fingerprint density at radius 1 is 1.30 bits per heavy atom. The highest BCUT2D eigenvalue weighted by Crippen LogP contribution is 2.17. The SMILES string of the molecule is COc1cc(CNC(=O)COc2ccc([N+](=O)[O-])cc2)ccn1. The van der Waals surface area contributed by atoms with Crippen LogP contribution in [0.5, 0.6) is 11.6 Å². The van der Waals surface area contributed by atoms with Gasteiger partial charge in [-0.3, -0.25) is 14.9 Å². The second-order valence-electron chi connectivity index (χ2n) is 4.52. The molecule has 0 atom stereocenters. The standard InChI is InChI=1S/C15H15N3O5/c1-22-15-8-11(6-7-16-15)9-17-14(19)10-23-13-4-2-12(3-5-13)18(20)21/h2-8H,9-10H2,1H3,(H,17,19). The topological polar surface area (TPSA) is 104 Å². The van der Waals surface area contributed by atoms with Crippen LogP contribution in [-0.2, 0) is 11.3 Å². The van der Waals surface area contributed by atoms with Crippen LogP contribution >= 0.6 is 0 Å². The van der Waals surface area contributed by atoms with Gasteiger partial charge in [0.2, 0.25) is 5.88 Å². The Morgan fingerprint density at radius 3 is 2.70 bits per heavy atom. The molecule has 0 radical (unpaired) electrons. The lowest BCUT2D eigenvalue weighted by Gasteiger charge is -2.08. The van der Waals surface area contributed by atoms with Gasteiger partial charge in [-0.25, -0.2) is 4.98 Å². The Kier molecular flexibility index (Phi) is 5.45. The fourth-order valence-corrected chi connectivity index (χ4v) is 1.74. The number of non-ortho nitro benzene ring substituents is 1. The molecule has 1 amide bonds. The van der Waals surface area contributed by atoms with Gasteiger partial charge in [-0.15, -0.1) is 0 Å². The van der Waals surface area contributed by atoms with Crippen LogP contribution in [0.25, 0.3) is 0 Å². The van der Waals surface area contributed by atoms with Crippen molar-refractivity contribution < 1.29 is 19.2 Å². The minimum Gasteiger partial charge on any atom is -0.484 e. The molecule has 0 spiro atoms. The molecular formula is C15H15N3O5. The summed E-state index contributed by atoms with van der Waals surface area (Å²) in [5.74, 6) is 0.550. The maximum Gasteiger partial charge on any atom is 0.269 e. The summed E-state index contributed by atoms with van der Waals surface area (Å²) in [6.07, 6.45) is 1.59. The zero-order valence-corrected chi connectivity index (χ0v) is 12.4. The van der Waals surface area contributed by atoms with Gasteiger partial charge >= 0.3 is 0 Å². The zero-order chi connectivity index (χ0) is 16.7. The molecule has 0 bridgehead atoms. The van der Waals surface area contributed by atoms with Crippen LogP contribution in [0.4, 0.5) is 5.69 Å². The molecule has 0 aliphatic rings. The van der Waals surface area contributed by atoms with Crippen molar-refractivity contribution in [3.05, 3.63) is 58.3 Å². The van der Waals surface area contributed by atoms with Crippen LogP contribution in [0, 0.1) is 10.1 Å². The van der Waals surface area contributed by atoms with Crippen molar-refractivity contribution in [3.8, 4) is 11.6 Å². The van der Waals surface area contributed by atoms with Crippen molar-refractivity contribution in [2.24, 2.45) is 0 Å². The van der Waals surface area contributed by atoms with Crippen molar-refractivity contribution in [1.29, 1.82) is 0 Å². The highest BCUT2D eigenvalue weighted by molar-refractivity contribution is 5.77. The Labute approximate surface area is 132 Å². The Balaban J connectivity index is 1.79. The number of aromatic nitrogens is 1. The average molecular weight is 317 g/mol. The van der Waals surface area contributed by atoms with E-state index in [1.54, 1.807) is 18.3 Å². The van der Waals surface area contributed by atoms with Crippen LogP contribution in [0.2, 0.25) is 0 Å². The monoisotopic (exact) mass is 317 g/mol. The second kappa shape index (κ2) is 7.74. The first kappa shape index (κ1) is 16.2. The van der Waals surface area contributed by atoms with E-state index in [0.717, 1.165) is 5.56 Å². The number of nitro groups is 1. The number of nitrogens with one attached hydrogen (secondary N) is 1. The Bertz CT molecular complexity index is 688. The highest BCUT2D eigenvalue weighted by atomic mass is 16.6. The normalized spacial score (nSPS) is 9.96. The number of nitrogens with zero attached hydrogens (tertiary/aromatic N) is 2. The van der Waals surface area contributed by atoms with E-state index >= 15 is 0 Å². The molecular weight excluding hydrogens is 302 g/mol. The first-order chi connectivity index (χ1) is 11.1. The molecule has 1 heterocycles. The Hall–Kier alpha value is -3.16. The van der Waals surface area contributed by atoms with Gasteiger partial charge in [0.25, 0.3) is 11.6 Å². The van der Waals surface area contributed by atoms with E-state index in [-0.39, 0.29) is 18.2 Å². The maximum absolute atomic E-state index is 11.7. The highest BCUT2D eigenvalue weighted by Gasteiger charge is 2.07. The van der Waals surface area contributed by atoms with Crippen LogP contribution in [0.3, 0.4) is 0 Å². The third-order valence-electron chi connectivity index (χ3n) is 2.92. The maximum atomic E-state index is 11.7. The molecule has 1 aromatic carbocycles. The van der Waals surface area contributed by atoms with Crippen LogP contribution in [0.1, 0.15) is 5.56 Å². The van der Waals surface area contributed by atoms with E-state index in [2.05, 4.69) is 10.3 Å². The molecule has 120 valence electrons. The molecule has 1 N–H and O–H groups in total. The minimum atomic E-state index is -0.501.